The Morgan fingerprint density at radius 1 is 1.39 bits per heavy atom. The molecule has 1 aliphatic heterocycles. The van der Waals surface area contributed by atoms with Crippen LogP contribution in [0.1, 0.15) is 73.7 Å². The molecule has 1 aromatic carbocycles. The highest BCUT2D eigenvalue weighted by atomic mass is 16.5. The molecule has 1 aromatic heterocycles. The number of rotatable bonds is 11. The van der Waals surface area contributed by atoms with Crippen LogP contribution in [-0.2, 0) is 6.42 Å². The number of carbonyl (C=O) groups excluding carboxylic acids is 1. The molecule has 1 atom stereocenters. The number of aliphatic hydroxyl groups excluding tert-OH is 1. The summed E-state index contributed by atoms with van der Waals surface area (Å²) in [7, 11) is 0. The van der Waals surface area contributed by atoms with Gasteiger partial charge in [-0.2, -0.15) is 4.98 Å². The zero-order valence-corrected chi connectivity index (χ0v) is 18.5. The van der Waals surface area contributed by atoms with Crippen LogP contribution in [0.3, 0.4) is 0 Å². The highest BCUT2D eigenvalue weighted by Crippen LogP contribution is 2.27. The van der Waals surface area contributed by atoms with Gasteiger partial charge in [0.15, 0.2) is 0 Å². The van der Waals surface area contributed by atoms with E-state index in [1.807, 2.05) is 13.0 Å². The number of nitrogens with two attached hydrogens (primary N) is 1. The molecule has 0 radical (unpaired) electrons. The van der Waals surface area contributed by atoms with Crippen molar-refractivity contribution in [1.82, 2.24) is 10.1 Å². The number of carbonyl (C=O) groups is 1. The number of hydrogen-bond acceptors (Lipinski definition) is 7. The van der Waals surface area contributed by atoms with Crippen LogP contribution in [0.4, 0.5) is 5.95 Å². The average Bonchev–Trinajstić information content (AvgIpc) is 3.25. The molecule has 3 rings (SSSR count). The molecule has 1 amide bonds. The van der Waals surface area contributed by atoms with Crippen LogP contribution in [-0.4, -0.2) is 47.5 Å². The average molecular weight is 431 g/mol. The maximum absolute atomic E-state index is 11.6. The Hall–Kier alpha value is -2.61. The molecule has 0 saturated carbocycles. The van der Waals surface area contributed by atoms with Crippen molar-refractivity contribution in [1.29, 1.82) is 0 Å². The molecule has 0 aliphatic carbocycles. The lowest BCUT2D eigenvalue weighted by Gasteiger charge is -2.30. The molecule has 0 spiro atoms. The second-order valence-electron chi connectivity index (χ2n) is 8.36. The summed E-state index contributed by atoms with van der Waals surface area (Å²) in [5.41, 5.74) is 6.60. The summed E-state index contributed by atoms with van der Waals surface area (Å²) in [6.07, 6.45) is 6.14. The topological polar surface area (TPSA) is 115 Å². The first kappa shape index (κ1) is 23.1. The second kappa shape index (κ2) is 11.1. The Kier molecular flexibility index (Phi) is 8.28. The van der Waals surface area contributed by atoms with Gasteiger partial charge in [-0.25, -0.2) is 0 Å². The molecule has 8 heteroatoms. The monoisotopic (exact) mass is 430 g/mol. The number of ether oxygens (including phenoxy) is 1. The molecular formula is C23H34N4O4. The van der Waals surface area contributed by atoms with Crippen LogP contribution in [0.25, 0.3) is 0 Å². The van der Waals surface area contributed by atoms with E-state index in [4.69, 9.17) is 15.0 Å². The molecule has 2 aromatic rings. The van der Waals surface area contributed by atoms with E-state index in [2.05, 4.69) is 22.0 Å². The summed E-state index contributed by atoms with van der Waals surface area (Å²) >= 11 is 0. The minimum atomic E-state index is -0.490. The molecule has 2 heterocycles. The van der Waals surface area contributed by atoms with E-state index in [0.717, 1.165) is 69.0 Å². The number of primary amides is 1. The van der Waals surface area contributed by atoms with Crippen LogP contribution in [0, 0.1) is 5.92 Å². The van der Waals surface area contributed by atoms with Crippen molar-refractivity contribution in [3.63, 3.8) is 0 Å². The van der Waals surface area contributed by atoms with Gasteiger partial charge in [0, 0.05) is 37.6 Å². The van der Waals surface area contributed by atoms with Crippen LogP contribution < -0.4 is 15.4 Å². The van der Waals surface area contributed by atoms with Gasteiger partial charge in [-0.1, -0.05) is 13.8 Å². The first-order valence-electron chi connectivity index (χ1n) is 11.3. The SMILES string of the molecule is CCCc1nc(N2CCC(CCCOc3ccc(C(N)=O)c([C@@H](C)CO)c3)CC2)no1. The third kappa shape index (κ3) is 6.19. The van der Waals surface area contributed by atoms with Gasteiger partial charge in [0.2, 0.25) is 11.8 Å². The maximum Gasteiger partial charge on any atom is 0.266 e. The highest BCUT2D eigenvalue weighted by molar-refractivity contribution is 5.94. The fraction of sp³-hybridized carbons (Fsp3) is 0.609. The molecule has 3 N–H and O–H groups in total. The molecular weight excluding hydrogens is 396 g/mol. The number of aliphatic hydroxyl groups is 1. The predicted octanol–water partition coefficient (Wildman–Crippen LogP) is 3.29. The van der Waals surface area contributed by atoms with Gasteiger partial charge < -0.3 is 25.0 Å². The van der Waals surface area contributed by atoms with Crippen molar-refractivity contribution in [3.8, 4) is 5.75 Å². The number of aryl methyl sites for hydroxylation is 1. The van der Waals surface area contributed by atoms with Crippen LogP contribution >= 0.6 is 0 Å². The van der Waals surface area contributed by atoms with Crippen LogP contribution in [0.15, 0.2) is 22.7 Å². The van der Waals surface area contributed by atoms with Crippen molar-refractivity contribution in [2.45, 2.75) is 58.3 Å². The lowest BCUT2D eigenvalue weighted by Crippen LogP contribution is -2.34. The van der Waals surface area contributed by atoms with Crippen molar-refractivity contribution in [2.75, 3.05) is 31.2 Å². The molecule has 8 nitrogen and oxygen atoms in total. The van der Waals surface area contributed by atoms with Gasteiger partial charge in [0.25, 0.3) is 5.95 Å². The number of piperidine rings is 1. The number of anilines is 1. The zero-order valence-electron chi connectivity index (χ0n) is 18.5. The number of aromatic nitrogens is 2. The fourth-order valence-electron chi connectivity index (χ4n) is 4.03. The van der Waals surface area contributed by atoms with E-state index < -0.39 is 5.91 Å². The molecule has 170 valence electrons. The van der Waals surface area contributed by atoms with E-state index in [0.29, 0.717) is 23.8 Å². The summed E-state index contributed by atoms with van der Waals surface area (Å²) in [5, 5.41) is 13.6. The lowest BCUT2D eigenvalue weighted by atomic mass is 9.92. The maximum atomic E-state index is 11.6. The Bertz CT molecular complexity index is 846. The smallest absolute Gasteiger partial charge is 0.266 e. The summed E-state index contributed by atoms with van der Waals surface area (Å²) in [6, 6.07) is 5.26. The third-order valence-corrected chi connectivity index (χ3v) is 5.94. The normalized spacial score (nSPS) is 15.8. The Morgan fingerprint density at radius 2 is 2.16 bits per heavy atom. The standard InChI is InChI=1S/C23H34N4O4/c1-3-5-21-25-23(26-31-21)27-11-9-17(10-12-27)6-4-13-30-18-7-8-19(22(24)29)20(14-18)16(2)15-28/h7-8,14,16-17,28H,3-6,9-13,15H2,1-2H3,(H2,24,29)/t16-/m0/s1. The van der Waals surface area contributed by atoms with Gasteiger partial charge in [-0.15, -0.1) is 0 Å². The van der Waals surface area contributed by atoms with Crippen LogP contribution in [0.2, 0.25) is 0 Å². The van der Waals surface area contributed by atoms with Gasteiger partial charge in [-0.3, -0.25) is 4.79 Å². The zero-order chi connectivity index (χ0) is 22.2. The van der Waals surface area contributed by atoms with Gasteiger partial charge >= 0.3 is 0 Å². The summed E-state index contributed by atoms with van der Waals surface area (Å²) < 4.78 is 11.2. The van der Waals surface area contributed by atoms with E-state index in [-0.39, 0.29) is 12.5 Å². The first-order valence-corrected chi connectivity index (χ1v) is 11.3. The summed E-state index contributed by atoms with van der Waals surface area (Å²) in [4.78, 5) is 18.3. The Labute approximate surface area is 183 Å². The van der Waals surface area contributed by atoms with Gasteiger partial charge in [0.1, 0.15) is 5.75 Å². The number of amides is 1. The highest BCUT2D eigenvalue weighted by Gasteiger charge is 2.22. The number of benzene rings is 1. The number of hydrogen-bond donors (Lipinski definition) is 2. The molecule has 0 bridgehead atoms. The van der Waals surface area contributed by atoms with E-state index in [9.17, 15) is 9.90 Å². The van der Waals surface area contributed by atoms with Crippen molar-refractivity contribution in [2.24, 2.45) is 11.7 Å². The summed E-state index contributed by atoms with van der Waals surface area (Å²) in [5.74, 6) is 2.15. The number of nitrogens with zero attached hydrogens (tertiary/aromatic N) is 3. The minimum Gasteiger partial charge on any atom is -0.494 e. The predicted molar refractivity (Wildman–Crippen MR) is 118 cm³/mol. The van der Waals surface area contributed by atoms with Crippen molar-refractivity contribution < 1.29 is 19.2 Å². The fourth-order valence-corrected chi connectivity index (χ4v) is 4.03. The Morgan fingerprint density at radius 3 is 2.84 bits per heavy atom. The van der Waals surface area contributed by atoms with E-state index >= 15 is 0 Å². The van der Waals surface area contributed by atoms with Crippen molar-refractivity contribution >= 4 is 11.9 Å². The van der Waals surface area contributed by atoms with Crippen LogP contribution in [0.5, 0.6) is 5.75 Å². The Balaban J connectivity index is 1.42. The first-order chi connectivity index (χ1) is 15.0. The minimum absolute atomic E-state index is 0.0494. The largest absolute Gasteiger partial charge is 0.494 e. The quantitative estimate of drug-likeness (QED) is 0.526. The molecule has 31 heavy (non-hydrogen) atoms. The second-order valence-corrected chi connectivity index (χ2v) is 8.36. The molecule has 1 fully saturated rings. The van der Waals surface area contributed by atoms with Gasteiger partial charge in [0.05, 0.1) is 6.61 Å². The lowest BCUT2D eigenvalue weighted by molar-refractivity contribution is 0.0998. The summed E-state index contributed by atoms with van der Waals surface area (Å²) in [6.45, 7) is 6.43. The molecule has 0 unspecified atom stereocenters. The third-order valence-electron chi connectivity index (χ3n) is 5.94. The molecule has 1 aliphatic rings. The van der Waals surface area contributed by atoms with Gasteiger partial charge in [-0.05, 0) is 66.9 Å². The molecule has 1 saturated heterocycles. The van der Waals surface area contributed by atoms with E-state index in [1.165, 1.54) is 0 Å². The van der Waals surface area contributed by atoms with E-state index in [1.54, 1.807) is 12.1 Å². The van der Waals surface area contributed by atoms with Crippen molar-refractivity contribution in [3.05, 3.63) is 35.2 Å².